The van der Waals surface area contributed by atoms with Crippen LogP contribution in [-0.2, 0) is 6.42 Å². The van der Waals surface area contributed by atoms with Crippen molar-refractivity contribution in [3.05, 3.63) is 40.8 Å². The van der Waals surface area contributed by atoms with E-state index in [0.717, 1.165) is 51.1 Å². The molecule has 1 unspecified atom stereocenters. The Morgan fingerprint density at radius 3 is 2.64 bits per heavy atom. The van der Waals surface area contributed by atoms with Crippen molar-refractivity contribution in [1.82, 2.24) is 20.2 Å². The normalized spacial score (nSPS) is 16.8. The van der Waals surface area contributed by atoms with E-state index in [2.05, 4.69) is 54.5 Å². The van der Waals surface area contributed by atoms with Gasteiger partial charge in [0, 0.05) is 57.0 Å². The van der Waals surface area contributed by atoms with Crippen LogP contribution in [0.2, 0.25) is 0 Å². The highest BCUT2D eigenvalue weighted by atomic mass is 32.1. The zero-order chi connectivity index (χ0) is 17.5. The van der Waals surface area contributed by atoms with Crippen LogP contribution in [0.3, 0.4) is 0 Å². The molecule has 3 heterocycles. The van der Waals surface area contributed by atoms with Crippen LogP contribution in [0.4, 0.5) is 5.95 Å². The molecule has 0 radical (unpaired) electrons. The SMILES string of the molecule is CN=C(NCC(C)Cc1cccs1)N1CCN(c2ncccn2)CC1. The minimum absolute atomic E-state index is 0.578. The highest BCUT2D eigenvalue weighted by Crippen LogP contribution is 2.14. The van der Waals surface area contributed by atoms with Gasteiger partial charge < -0.3 is 15.1 Å². The molecule has 1 aliphatic rings. The molecule has 1 aliphatic heterocycles. The molecule has 0 bridgehead atoms. The first kappa shape index (κ1) is 17.7. The number of thiophene rings is 1. The van der Waals surface area contributed by atoms with Crippen LogP contribution in [-0.4, -0.2) is 60.6 Å². The quantitative estimate of drug-likeness (QED) is 0.655. The van der Waals surface area contributed by atoms with Crippen molar-refractivity contribution in [3.8, 4) is 0 Å². The third-order valence-electron chi connectivity index (χ3n) is 4.36. The van der Waals surface area contributed by atoms with Crippen LogP contribution in [0.1, 0.15) is 11.8 Å². The minimum atomic E-state index is 0.578. The van der Waals surface area contributed by atoms with Gasteiger partial charge in [0.25, 0.3) is 0 Å². The second-order valence-electron chi connectivity index (χ2n) is 6.34. The monoisotopic (exact) mass is 358 g/mol. The second kappa shape index (κ2) is 8.80. The summed E-state index contributed by atoms with van der Waals surface area (Å²) in [6.07, 6.45) is 4.70. The lowest BCUT2D eigenvalue weighted by Crippen LogP contribution is -2.53. The fraction of sp³-hybridized carbons (Fsp3) is 0.500. The fourth-order valence-corrected chi connectivity index (χ4v) is 3.88. The van der Waals surface area contributed by atoms with Gasteiger partial charge >= 0.3 is 0 Å². The Kier molecular flexibility index (Phi) is 6.22. The van der Waals surface area contributed by atoms with E-state index in [9.17, 15) is 0 Å². The Hall–Kier alpha value is -2.15. The van der Waals surface area contributed by atoms with E-state index in [1.54, 1.807) is 12.4 Å². The molecule has 2 aromatic rings. The van der Waals surface area contributed by atoms with Crippen LogP contribution in [0.15, 0.2) is 41.0 Å². The number of nitrogens with zero attached hydrogens (tertiary/aromatic N) is 5. The van der Waals surface area contributed by atoms with Crippen LogP contribution in [0, 0.1) is 5.92 Å². The molecule has 6 nitrogen and oxygen atoms in total. The summed E-state index contributed by atoms with van der Waals surface area (Å²) in [5.41, 5.74) is 0. The Morgan fingerprint density at radius 2 is 2.00 bits per heavy atom. The van der Waals surface area contributed by atoms with Crippen molar-refractivity contribution in [1.29, 1.82) is 0 Å². The molecule has 0 aromatic carbocycles. The van der Waals surface area contributed by atoms with E-state index in [1.165, 1.54) is 4.88 Å². The zero-order valence-electron chi connectivity index (χ0n) is 14.9. The topological polar surface area (TPSA) is 56.7 Å². The highest BCUT2D eigenvalue weighted by Gasteiger charge is 2.21. The number of guanidine groups is 1. The molecule has 0 aliphatic carbocycles. The van der Waals surface area contributed by atoms with Gasteiger partial charge in [0.2, 0.25) is 5.95 Å². The molecule has 1 saturated heterocycles. The summed E-state index contributed by atoms with van der Waals surface area (Å²) in [7, 11) is 1.86. The van der Waals surface area contributed by atoms with Gasteiger partial charge in [-0.1, -0.05) is 13.0 Å². The molecule has 1 fully saturated rings. The average Bonchev–Trinajstić information content (AvgIpc) is 3.16. The lowest BCUT2D eigenvalue weighted by atomic mass is 10.1. The second-order valence-corrected chi connectivity index (χ2v) is 7.37. The Bertz CT molecular complexity index is 649. The molecule has 0 spiro atoms. The van der Waals surface area contributed by atoms with Crippen molar-refractivity contribution in [2.75, 3.05) is 44.7 Å². The third-order valence-corrected chi connectivity index (χ3v) is 5.26. The van der Waals surface area contributed by atoms with Crippen LogP contribution in [0.25, 0.3) is 0 Å². The molecule has 0 amide bonds. The number of rotatable bonds is 5. The summed E-state index contributed by atoms with van der Waals surface area (Å²) >= 11 is 1.83. The van der Waals surface area contributed by atoms with Gasteiger partial charge in [0.15, 0.2) is 5.96 Å². The average molecular weight is 359 g/mol. The maximum Gasteiger partial charge on any atom is 0.225 e. The maximum atomic E-state index is 4.46. The van der Waals surface area contributed by atoms with Gasteiger partial charge in [-0.2, -0.15) is 0 Å². The summed E-state index contributed by atoms with van der Waals surface area (Å²) in [6.45, 7) is 6.90. The summed E-state index contributed by atoms with van der Waals surface area (Å²) in [5.74, 6) is 2.38. The first-order chi connectivity index (χ1) is 12.3. The van der Waals surface area contributed by atoms with Gasteiger partial charge in [-0.25, -0.2) is 9.97 Å². The van der Waals surface area contributed by atoms with E-state index < -0.39 is 0 Å². The fourth-order valence-electron chi connectivity index (χ4n) is 3.01. The molecule has 134 valence electrons. The van der Waals surface area contributed by atoms with Crippen LogP contribution in [0.5, 0.6) is 0 Å². The molecular formula is C18H26N6S. The molecule has 1 N–H and O–H groups in total. The largest absolute Gasteiger partial charge is 0.356 e. The number of aliphatic imine (C=N–C) groups is 1. The van der Waals surface area contributed by atoms with Gasteiger partial charge in [-0.3, -0.25) is 4.99 Å². The predicted molar refractivity (Wildman–Crippen MR) is 104 cm³/mol. The predicted octanol–water partition coefficient (Wildman–Crippen LogP) is 2.11. The molecule has 7 heteroatoms. The number of nitrogens with one attached hydrogen (secondary N) is 1. The standard InChI is InChI=1S/C18H26N6S/c1-15(13-16-5-3-12-25-16)14-22-17(19-2)23-8-10-24(11-9-23)18-20-6-4-7-21-18/h3-7,12,15H,8-11,13-14H2,1-2H3,(H,19,22). The van der Waals surface area contributed by atoms with Crippen LogP contribution >= 0.6 is 11.3 Å². The smallest absolute Gasteiger partial charge is 0.225 e. The minimum Gasteiger partial charge on any atom is -0.356 e. The van der Waals surface area contributed by atoms with Gasteiger partial charge in [-0.15, -0.1) is 11.3 Å². The zero-order valence-corrected chi connectivity index (χ0v) is 15.7. The molecule has 2 aromatic heterocycles. The highest BCUT2D eigenvalue weighted by molar-refractivity contribution is 7.09. The van der Waals surface area contributed by atoms with Gasteiger partial charge in [0.1, 0.15) is 0 Å². The Labute approximate surface area is 153 Å². The molecule has 0 saturated carbocycles. The lowest BCUT2D eigenvalue weighted by Gasteiger charge is -2.36. The number of piperazine rings is 1. The number of anilines is 1. The van der Waals surface area contributed by atoms with E-state index in [0.29, 0.717) is 5.92 Å². The van der Waals surface area contributed by atoms with E-state index >= 15 is 0 Å². The van der Waals surface area contributed by atoms with E-state index in [1.807, 2.05) is 24.5 Å². The van der Waals surface area contributed by atoms with Crippen molar-refractivity contribution in [2.24, 2.45) is 10.9 Å². The van der Waals surface area contributed by atoms with Gasteiger partial charge in [-0.05, 0) is 29.9 Å². The van der Waals surface area contributed by atoms with Crippen molar-refractivity contribution >= 4 is 23.2 Å². The maximum absolute atomic E-state index is 4.46. The summed E-state index contributed by atoms with van der Waals surface area (Å²) in [4.78, 5) is 19.1. The third kappa shape index (κ3) is 4.92. The van der Waals surface area contributed by atoms with Gasteiger partial charge in [0.05, 0.1) is 0 Å². The van der Waals surface area contributed by atoms with Crippen molar-refractivity contribution in [2.45, 2.75) is 13.3 Å². The van der Waals surface area contributed by atoms with Crippen molar-refractivity contribution in [3.63, 3.8) is 0 Å². The first-order valence-corrected chi connectivity index (χ1v) is 9.64. The van der Waals surface area contributed by atoms with E-state index in [-0.39, 0.29) is 0 Å². The number of hydrogen-bond donors (Lipinski definition) is 1. The summed E-state index contributed by atoms with van der Waals surface area (Å²) < 4.78 is 0. The number of aromatic nitrogens is 2. The summed E-state index contributed by atoms with van der Waals surface area (Å²) in [5, 5.41) is 5.68. The number of hydrogen-bond acceptors (Lipinski definition) is 5. The Morgan fingerprint density at radius 1 is 1.24 bits per heavy atom. The van der Waals surface area contributed by atoms with Crippen LogP contribution < -0.4 is 10.2 Å². The lowest BCUT2D eigenvalue weighted by molar-refractivity contribution is 0.366. The summed E-state index contributed by atoms with van der Waals surface area (Å²) in [6, 6.07) is 6.18. The molecule has 3 rings (SSSR count). The van der Waals surface area contributed by atoms with E-state index in [4.69, 9.17) is 0 Å². The molecular weight excluding hydrogens is 332 g/mol. The Balaban J connectivity index is 1.46. The first-order valence-electron chi connectivity index (χ1n) is 8.76. The molecule has 1 atom stereocenters. The molecule has 25 heavy (non-hydrogen) atoms. The van der Waals surface area contributed by atoms with Crippen molar-refractivity contribution < 1.29 is 0 Å².